The predicted octanol–water partition coefficient (Wildman–Crippen LogP) is 2.47. The van der Waals surface area contributed by atoms with E-state index in [1.807, 2.05) is 24.3 Å². The molecule has 0 saturated carbocycles. The zero-order chi connectivity index (χ0) is 15.9. The first-order valence-electron chi connectivity index (χ1n) is 7.29. The lowest BCUT2D eigenvalue weighted by Crippen LogP contribution is -2.12. The molecule has 0 spiro atoms. The van der Waals surface area contributed by atoms with Gasteiger partial charge in [-0.25, -0.2) is 0 Å². The van der Waals surface area contributed by atoms with Crippen LogP contribution in [0.4, 0.5) is 0 Å². The number of rotatable bonds is 13. The molecule has 1 aromatic carbocycles. The SMILES string of the molecule is C#Cc1cccc(COCCOCCOCCOCCCl)c1. The van der Waals surface area contributed by atoms with Crippen LogP contribution < -0.4 is 0 Å². The van der Waals surface area contributed by atoms with E-state index in [2.05, 4.69) is 5.92 Å². The molecule has 0 atom stereocenters. The lowest BCUT2D eigenvalue weighted by atomic mass is 10.1. The second-order valence-electron chi connectivity index (χ2n) is 4.42. The molecular weight excluding hydrogens is 304 g/mol. The quantitative estimate of drug-likeness (QED) is 0.317. The lowest BCUT2D eigenvalue weighted by molar-refractivity contribution is -0.00272. The van der Waals surface area contributed by atoms with E-state index < -0.39 is 0 Å². The van der Waals surface area contributed by atoms with Crippen LogP contribution in [0.3, 0.4) is 0 Å². The van der Waals surface area contributed by atoms with Gasteiger partial charge in [-0.15, -0.1) is 18.0 Å². The summed E-state index contributed by atoms with van der Waals surface area (Å²) in [5, 5.41) is 0. The maximum atomic E-state index is 5.52. The fraction of sp³-hybridized carbons (Fsp3) is 0.529. The molecule has 0 amide bonds. The zero-order valence-corrected chi connectivity index (χ0v) is 13.5. The molecule has 0 heterocycles. The van der Waals surface area contributed by atoms with Gasteiger partial charge in [-0.1, -0.05) is 18.1 Å². The molecule has 0 aliphatic heterocycles. The summed E-state index contributed by atoms with van der Waals surface area (Å²) < 4.78 is 21.4. The van der Waals surface area contributed by atoms with E-state index in [0.717, 1.165) is 11.1 Å². The smallest absolute Gasteiger partial charge is 0.0718 e. The van der Waals surface area contributed by atoms with Crippen molar-refractivity contribution >= 4 is 11.6 Å². The van der Waals surface area contributed by atoms with Crippen LogP contribution in [0, 0.1) is 12.3 Å². The molecule has 1 rings (SSSR count). The summed E-state index contributed by atoms with van der Waals surface area (Å²) in [5.41, 5.74) is 1.93. The van der Waals surface area contributed by atoms with Gasteiger partial charge < -0.3 is 18.9 Å². The predicted molar refractivity (Wildman–Crippen MR) is 87.2 cm³/mol. The van der Waals surface area contributed by atoms with Crippen LogP contribution >= 0.6 is 11.6 Å². The largest absolute Gasteiger partial charge is 0.378 e. The Morgan fingerprint density at radius 2 is 1.45 bits per heavy atom. The third-order valence-electron chi connectivity index (χ3n) is 2.70. The van der Waals surface area contributed by atoms with Crippen LogP contribution in [0.2, 0.25) is 0 Å². The highest BCUT2D eigenvalue weighted by molar-refractivity contribution is 6.17. The average Bonchev–Trinajstić information content (AvgIpc) is 2.56. The van der Waals surface area contributed by atoms with E-state index in [-0.39, 0.29) is 0 Å². The monoisotopic (exact) mass is 326 g/mol. The molecule has 1 aromatic rings. The molecule has 0 aromatic heterocycles. The maximum Gasteiger partial charge on any atom is 0.0718 e. The third-order valence-corrected chi connectivity index (χ3v) is 2.85. The Morgan fingerprint density at radius 1 is 0.864 bits per heavy atom. The molecule has 0 N–H and O–H groups in total. The fourth-order valence-corrected chi connectivity index (χ4v) is 1.76. The summed E-state index contributed by atoms with van der Waals surface area (Å²) in [6.45, 7) is 4.39. The number of hydrogen-bond donors (Lipinski definition) is 0. The van der Waals surface area contributed by atoms with Gasteiger partial charge in [0.15, 0.2) is 0 Å². The summed E-state index contributed by atoms with van der Waals surface area (Å²) in [5.74, 6) is 3.11. The van der Waals surface area contributed by atoms with Gasteiger partial charge >= 0.3 is 0 Å². The number of halogens is 1. The van der Waals surface area contributed by atoms with Gasteiger partial charge in [-0.05, 0) is 17.7 Å². The molecule has 5 heteroatoms. The minimum absolute atomic E-state index is 0.510. The third kappa shape index (κ3) is 9.78. The maximum absolute atomic E-state index is 5.52. The molecular formula is C17H23ClO4. The normalized spacial score (nSPS) is 10.5. The summed E-state index contributed by atoms with van der Waals surface area (Å²) in [7, 11) is 0. The highest BCUT2D eigenvalue weighted by atomic mass is 35.5. The first-order valence-corrected chi connectivity index (χ1v) is 7.82. The zero-order valence-electron chi connectivity index (χ0n) is 12.8. The highest BCUT2D eigenvalue weighted by Gasteiger charge is 1.95. The van der Waals surface area contributed by atoms with Crippen LogP contribution in [-0.2, 0) is 25.6 Å². The molecule has 122 valence electrons. The van der Waals surface area contributed by atoms with Crippen LogP contribution in [0.1, 0.15) is 11.1 Å². The standard InChI is InChI=1S/C17H23ClO4/c1-2-16-4-3-5-17(14-16)15-22-13-12-21-11-10-20-9-8-19-7-6-18/h1,3-5,14H,6-13,15H2. The minimum Gasteiger partial charge on any atom is -0.378 e. The Hall–Kier alpha value is -1.09. The number of terminal acetylenes is 1. The average molecular weight is 327 g/mol. The van der Waals surface area contributed by atoms with Gasteiger partial charge in [0, 0.05) is 11.4 Å². The molecule has 0 fully saturated rings. The Kier molecular flexibility index (Phi) is 11.7. The van der Waals surface area contributed by atoms with Gasteiger partial charge in [-0.3, -0.25) is 0 Å². The van der Waals surface area contributed by atoms with E-state index in [4.69, 9.17) is 37.0 Å². The first-order chi connectivity index (χ1) is 10.9. The summed E-state index contributed by atoms with van der Waals surface area (Å²) >= 11 is 5.47. The number of hydrogen-bond acceptors (Lipinski definition) is 4. The van der Waals surface area contributed by atoms with Crippen molar-refractivity contribution in [3.05, 3.63) is 35.4 Å². The highest BCUT2D eigenvalue weighted by Crippen LogP contribution is 2.05. The Morgan fingerprint density at radius 3 is 2.05 bits per heavy atom. The van der Waals surface area contributed by atoms with E-state index in [1.54, 1.807) is 0 Å². The molecule has 0 unspecified atom stereocenters. The van der Waals surface area contributed by atoms with Crippen molar-refractivity contribution in [2.45, 2.75) is 6.61 Å². The van der Waals surface area contributed by atoms with Gasteiger partial charge in [0.1, 0.15) is 0 Å². The molecule has 4 nitrogen and oxygen atoms in total. The van der Waals surface area contributed by atoms with E-state index in [9.17, 15) is 0 Å². The second kappa shape index (κ2) is 13.6. The Bertz CT molecular complexity index is 431. The van der Waals surface area contributed by atoms with E-state index in [0.29, 0.717) is 58.7 Å². The number of benzene rings is 1. The van der Waals surface area contributed by atoms with Gasteiger partial charge in [-0.2, -0.15) is 0 Å². The lowest BCUT2D eigenvalue weighted by Gasteiger charge is -2.07. The summed E-state index contributed by atoms with van der Waals surface area (Å²) in [6.07, 6.45) is 5.35. The van der Waals surface area contributed by atoms with Crippen LogP contribution in [0.15, 0.2) is 24.3 Å². The Labute approximate surface area is 137 Å². The van der Waals surface area contributed by atoms with Crippen molar-refractivity contribution in [3.8, 4) is 12.3 Å². The van der Waals surface area contributed by atoms with Crippen molar-refractivity contribution in [2.75, 3.05) is 52.1 Å². The minimum atomic E-state index is 0.510. The first kappa shape index (κ1) is 19.0. The second-order valence-corrected chi connectivity index (χ2v) is 4.80. The van der Waals surface area contributed by atoms with E-state index >= 15 is 0 Å². The molecule has 22 heavy (non-hydrogen) atoms. The van der Waals surface area contributed by atoms with Gasteiger partial charge in [0.25, 0.3) is 0 Å². The van der Waals surface area contributed by atoms with Crippen LogP contribution in [-0.4, -0.2) is 52.1 Å². The molecule has 0 aliphatic rings. The van der Waals surface area contributed by atoms with Crippen molar-refractivity contribution < 1.29 is 18.9 Å². The van der Waals surface area contributed by atoms with Gasteiger partial charge in [0.2, 0.25) is 0 Å². The topological polar surface area (TPSA) is 36.9 Å². The number of alkyl halides is 1. The molecule has 0 bridgehead atoms. The molecule has 0 saturated heterocycles. The summed E-state index contributed by atoms with van der Waals surface area (Å²) in [6, 6.07) is 7.76. The molecule has 0 radical (unpaired) electrons. The van der Waals surface area contributed by atoms with Crippen molar-refractivity contribution in [1.29, 1.82) is 0 Å². The van der Waals surface area contributed by atoms with Crippen molar-refractivity contribution in [1.82, 2.24) is 0 Å². The Balaban J connectivity index is 1.88. The van der Waals surface area contributed by atoms with Crippen LogP contribution in [0.25, 0.3) is 0 Å². The van der Waals surface area contributed by atoms with Crippen LogP contribution in [0.5, 0.6) is 0 Å². The summed E-state index contributed by atoms with van der Waals surface area (Å²) in [4.78, 5) is 0. The fourth-order valence-electron chi connectivity index (χ4n) is 1.66. The van der Waals surface area contributed by atoms with Gasteiger partial charge in [0.05, 0.1) is 52.9 Å². The van der Waals surface area contributed by atoms with Crippen molar-refractivity contribution in [2.24, 2.45) is 0 Å². The molecule has 0 aliphatic carbocycles. The van der Waals surface area contributed by atoms with E-state index in [1.165, 1.54) is 0 Å². The van der Waals surface area contributed by atoms with Crippen molar-refractivity contribution in [3.63, 3.8) is 0 Å². The number of ether oxygens (including phenoxy) is 4.